The maximum Gasteiger partial charge on any atom is 0.152 e. The van der Waals surface area contributed by atoms with E-state index in [0.29, 0.717) is 6.54 Å². The number of hydrogen-bond donors (Lipinski definition) is 0. The molecule has 2 heterocycles. The summed E-state index contributed by atoms with van der Waals surface area (Å²) < 4.78 is 9.41. The van der Waals surface area contributed by atoms with E-state index in [-0.39, 0.29) is 0 Å². The van der Waals surface area contributed by atoms with E-state index in [1.54, 1.807) is 7.11 Å². The average molecular weight is 256 g/mol. The number of aryl methyl sites for hydroxylation is 1. The molecule has 98 valence electrons. The monoisotopic (exact) mass is 256 g/mol. The molecule has 0 fully saturated rings. The van der Waals surface area contributed by atoms with Crippen LogP contribution in [-0.2, 0) is 13.6 Å². The first-order valence-electron chi connectivity index (χ1n) is 6.17. The lowest BCUT2D eigenvalue weighted by molar-refractivity contribution is 0.415. The van der Waals surface area contributed by atoms with E-state index < -0.39 is 0 Å². The highest BCUT2D eigenvalue weighted by molar-refractivity contribution is 5.81. The van der Waals surface area contributed by atoms with Crippen LogP contribution in [0.25, 0.3) is 10.9 Å². The van der Waals surface area contributed by atoms with Gasteiger partial charge in [0.25, 0.3) is 0 Å². The van der Waals surface area contributed by atoms with E-state index in [1.807, 2.05) is 30.7 Å². The van der Waals surface area contributed by atoms with Gasteiger partial charge in [-0.3, -0.25) is 0 Å². The molecule has 0 aliphatic heterocycles. The highest BCUT2D eigenvalue weighted by atomic mass is 16.5. The SMILES string of the molecule is COc1ccc2c(ccn2Cc2nnc(C)n2C)c1. The Hall–Kier alpha value is -2.30. The largest absolute Gasteiger partial charge is 0.497 e. The predicted molar refractivity (Wildman–Crippen MR) is 73.3 cm³/mol. The van der Waals surface area contributed by atoms with E-state index in [4.69, 9.17) is 4.74 Å². The fraction of sp³-hybridized carbons (Fsp3) is 0.286. The van der Waals surface area contributed by atoms with Gasteiger partial charge in [-0.1, -0.05) is 0 Å². The van der Waals surface area contributed by atoms with Crippen LogP contribution in [0.2, 0.25) is 0 Å². The minimum atomic E-state index is 0.715. The van der Waals surface area contributed by atoms with Crippen LogP contribution < -0.4 is 4.74 Å². The van der Waals surface area contributed by atoms with Crippen LogP contribution in [-0.4, -0.2) is 26.4 Å². The molecule has 0 radical (unpaired) electrons. The Morgan fingerprint density at radius 2 is 2.05 bits per heavy atom. The van der Waals surface area contributed by atoms with Crippen LogP contribution >= 0.6 is 0 Å². The molecular weight excluding hydrogens is 240 g/mol. The summed E-state index contributed by atoms with van der Waals surface area (Å²) in [5.74, 6) is 2.75. The fourth-order valence-corrected chi connectivity index (χ4v) is 2.18. The number of benzene rings is 1. The topological polar surface area (TPSA) is 44.9 Å². The van der Waals surface area contributed by atoms with Gasteiger partial charge in [0.2, 0.25) is 0 Å². The van der Waals surface area contributed by atoms with E-state index in [9.17, 15) is 0 Å². The second-order valence-corrected chi connectivity index (χ2v) is 4.59. The Labute approximate surface area is 111 Å². The van der Waals surface area contributed by atoms with Crippen molar-refractivity contribution >= 4 is 10.9 Å². The highest BCUT2D eigenvalue weighted by Crippen LogP contribution is 2.22. The molecule has 0 bridgehead atoms. The summed E-state index contributed by atoms with van der Waals surface area (Å²) in [5, 5.41) is 9.45. The summed E-state index contributed by atoms with van der Waals surface area (Å²) in [6.07, 6.45) is 2.06. The molecule has 0 aliphatic rings. The number of methoxy groups -OCH3 is 1. The first kappa shape index (κ1) is 11.8. The highest BCUT2D eigenvalue weighted by Gasteiger charge is 2.08. The van der Waals surface area contributed by atoms with Crippen LogP contribution in [0.15, 0.2) is 30.5 Å². The quantitative estimate of drug-likeness (QED) is 0.721. The van der Waals surface area contributed by atoms with Gasteiger partial charge in [-0.05, 0) is 31.2 Å². The summed E-state index contributed by atoms with van der Waals surface area (Å²) in [5.41, 5.74) is 1.17. The molecule has 0 unspecified atom stereocenters. The van der Waals surface area contributed by atoms with Crippen molar-refractivity contribution < 1.29 is 4.74 Å². The molecule has 5 heteroatoms. The van der Waals surface area contributed by atoms with Crippen LogP contribution in [0, 0.1) is 6.92 Å². The summed E-state index contributed by atoms with van der Waals surface area (Å²) in [4.78, 5) is 0. The van der Waals surface area contributed by atoms with Crippen molar-refractivity contribution in [2.45, 2.75) is 13.5 Å². The van der Waals surface area contributed by atoms with Gasteiger partial charge in [-0.2, -0.15) is 0 Å². The minimum absolute atomic E-state index is 0.715. The van der Waals surface area contributed by atoms with Crippen molar-refractivity contribution in [2.24, 2.45) is 7.05 Å². The van der Waals surface area contributed by atoms with Crippen LogP contribution in [0.1, 0.15) is 11.6 Å². The van der Waals surface area contributed by atoms with Crippen LogP contribution in [0.4, 0.5) is 0 Å². The van der Waals surface area contributed by atoms with Crippen molar-refractivity contribution in [3.8, 4) is 5.75 Å². The Balaban J connectivity index is 1.99. The number of hydrogen-bond acceptors (Lipinski definition) is 3. The van der Waals surface area contributed by atoms with Crippen molar-refractivity contribution in [3.63, 3.8) is 0 Å². The summed E-state index contributed by atoms with van der Waals surface area (Å²) in [6, 6.07) is 8.16. The van der Waals surface area contributed by atoms with Crippen LogP contribution in [0.5, 0.6) is 5.75 Å². The van der Waals surface area contributed by atoms with E-state index in [0.717, 1.165) is 17.4 Å². The molecule has 0 atom stereocenters. The van der Waals surface area contributed by atoms with Gasteiger partial charge in [-0.15, -0.1) is 10.2 Å². The van der Waals surface area contributed by atoms with Gasteiger partial charge < -0.3 is 13.9 Å². The molecule has 0 N–H and O–H groups in total. The lowest BCUT2D eigenvalue weighted by Crippen LogP contribution is -2.05. The van der Waals surface area contributed by atoms with Gasteiger partial charge in [0.1, 0.15) is 11.6 Å². The number of aromatic nitrogens is 4. The van der Waals surface area contributed by atoms with Crippen molar-refractivity contribution in [2.75, 3.05) is 7.11 Å². The van der Waals surface area contributed by atoms with Crippen LogP contribution in [0.3, 0.4) is 0 Å². The molecule has 0 saturated carbocycles. The molecule has 0 amide bonds. The number of rotatable bonds is 3. The third-order valence-electron chi connectivity index (χ3n) is 3.47. The summed E-state index contributed by atoms with van der Waals surface area (Å²) in [7, 11) is 3.67. The maximum absolute atomic E-state index is 5.24. The first-order chi connectivity index (χ1) is 9.19. The lowest BCUT2D eigenvalue weighted by Gasteiger charge is -2.06. The predicted octanol–water partition coefficient (Wildman–Crippen LogP) is 2.14. The lowest BCUT2D eigenvalue weighted by atomic mass is 10.2. The molecule has 1 aromatic carbocycles. The second-order valence-electron chi connectivity index (χ2n) is 4.59. The second kappa shape index (κ2) is 4.42. The molecular formula is C14H16N4O. The molecule has 19 heavy (non-hydrogen) atoms. The molecule has 3 rings (SSSR count). The number of fused-ring (bicyclic) bond motifs is 1. The van der Waals surface area contributed by atoms with Gasteiger partial charge >= 0.3 is 0 Å². The zero-order chi connectivity index (χ0) is 13.4. The standard InChI is InChI=1S/C14H16N4O/c1-10-15-16-14(17(10)2)9-18-7-6-11-8-12(19-3)4-5-13(11)18/h4-8H,9H2,1-3H3. The summed E-state index contributed by atoms with van der Waals surface area (Å²) in [6.45, 7) is 2.67. The smallest absolute Gasteiger partial charge is 0.152 e. The molecule has 0 aliphatic carbocycles. The molecule has 3 aromatic rings. The Morgan fingerprint density at radius 1 is 1.21 bits per heavy atom. The van der Waals surface area contributed by atoms with Crippen molar-refractivity contribution in [3.05, 3.63) is 42.1 Å². The Kier molecular flexibility index (Phi) is 2.74. The zero-order valence-electron chi connectivity index (χ0n) is 11.3. The third kappa shape index (κ3) is 1.97. The number of ether oxygens (including phenoxy) is 1. The van der Waals surface area contributed by atoms with Gasteiger partial charge in [0.15, 0.2) is 5.82 Å². The Morgan fingerprint density at radius 3 is 2.74 bits per heavy atom. The molecule has 2 aromatic heterocycles. The van der Waals surface area contributed by atoms with E-state index in [2.05, 4.69) is 33.1 Å². The van der Waals surface area contributed by atoms with Gasteiger partial charge in [0, 0.05) is 24.1 Å². The normalized spacial score (nSPS) is 11.1. The maximum atomic E-state index is 5.24. The fourth-order valence-electron chi connectivity index (χ4n) is 2.18. The van der Waals surface area contributed by atoms with Gasteiger partial charge in [-0.25, -0.2) is 0 Å². The molecule has 5 nitrogen and oxygen atoms in total. The molecule has 0 spiro atoms. The zero-order valence-corrected chi connectivity index (χ0v) is 11.3. The Bertz CT molecular complexity index is 726. The van der Waals surface area contributed by atoms with E-state index >= 15 is 0 Å². The number of nitrogens with zero attached hydrogens (tertiary/aromatic N) is 4. The van der Waals surface area contributed by atoms with E-state index in [1.165, 1.54) is 10.9 Å². The average Bonchev–Trinajstić information content (AvgIpc) is 2.97. The van der Waals surface area contributed by atoms with Crippen molar-refractivity contribution in [1.82, 2.24) is 19.3 Å². The first-order valence-corrected chi connectivity index (χ1v) is 6.17. The van der Waals surface area contributed by atoms with Crippen molar-refractivity contribution in [1.29, 1.82) is 0 Å². The van der Waals surface area contributed by atoms with Gasteiger partial charge in [0.05, 0.1) is 13.7 Å². The molecule has 0 saturated heterocycles. The third-order valence-corrected chi connectivity index (χ3v) is 3.47. The minimum Gasteiger partial charge on any atom is -0.497 e. The summed E-state index contributed by atoms with van der Waals surface area (Å²) >= 11 is 0.